The van der Waals surface area contributed by atoms with E-state index in [1.807, 2.05) is 19.1 Å². The minimum absolute atomic E-state index is 0.0702. The van der Waals surface area contributed by atoms with Gasteiger partial charge in [-0.15, -0.1) is 0 Å². The zero-order valence-corrected chi connectivity index (χ0v) is 14.6. The van der Waals surface area contributed by atoms with Crippen LogP contribution in [-0.2, 0) is 4.79 Å². The van der Waals surface area contributed by atoms with Gasteiger partial charge in [0.05, 0.1) is 6.54 Å². The third-order valence-electron chi connectivity index (χ3n) is 5.51. The van der Waals surface area contributed by atoms with Gasteiger partial charge >= 0.3 is 0 Å². The molecule has 2 fully saturated rings. The van der Waals surface area contributed by atoms with Crippen LogP contribution in [0, 0.1) is 11.7 Å². The number of benzene rings is 1. The summed E-state index contributed by atoms with van der Waals surface area (Å²) in [5.41, 5.74) is 0.685. The standard InChI is InChI=1S/C20H29FN2O/c1-15(18-9-5-6-10-19(18)21)23(17-11-12-17)14-20(24)22-13-16-7-3-2-4-8-16/h5-6,9-10,15-17H,2-4,7-8,11-14H2,1H3,(H,22,24). The van der Waals surface area contributed by atoms with Crippen LogP contribution in [0.5, 0.6) is 0 Å². The predicted octanol–water partition coefficient (Wildman–Crippen LogP) is 4.05. The van der Waals surface area contributed by atoms with Gasteiger partial charge in [-0.25, -0.2) is 4.39 Å². The molecule has 4 heteroatoms. The Bertz CT molecular complexity index is 552. The fourth-order valence-corrected chi connectivity index (χ4v) is 3.85. The van der Waals surface area contributed by atoms with Gasteiger partial charge in [-0.2, -0.15) is 0 Å². The van der Waals surface area contributed by atoms with E-state index < -0.39 is 0 Å². The van der Waals surface area contributed by atoms with E-state index in [9.17, 15) is 9.18 Å². The molecule has 0 bridgehead atoms. The predicted molar refractivity (Wildman–Crippen MR) is 94.1 cm³/mol. The molecule has 2 aliphatic carbocycles. The van der Waals surface area contributed by atoms with Crippen LogP contribution in [0.1, 0.15) is 63.5 Å². The number of hydrogen-bond acceptors (Lipinski definition) is 2. The first-order chi connectivity index (χ1) is 11.6. The second-order valence-corrected chi connectivity index (χ2v) is 7.41. The van der Waals surface area contributed by atoms with E-state index in [1.165, 1.54) is 38.2 Å². The van der Waals surface area contributed by atoms with Gasteiger partial charge in [0.15, 0.2) is 0 Å². The van der Waals surface area contributed by atoms with Gasteiger partial charge in [0.2, 0.25) is 5.91 Å². The summed E-state index contributed by atoms with van der Waals surface area (Å²) in [6, 6.07) is 7.25. The molecular weight excluding hydrogens is 303 g/mol. The first-order valence-corrected chi connectivity index (χ1v) is 9.42. The van der Waals surface area contributed by atoms with Gasteiger partial charge < -0.3 is 5.32 Å². The molecule has 0 aromatic heterocycles. The summed E-state index contributed by atoms with van der Waals surface area (Å²) in [5.74, 6) is 0.537. The average Bonchev–Trinajstić information content (AvgIpc) is 3.43. The van der Waals surface area contributed by atoms with Crippen molar-refractivity contribution >= 4 is 5.91 Å². The average molecular weight is 332 g/mol. The van der Waals surface area contributed by atoms with Gasteiger partial charge in [0.1, 0.15) is 5.82 Å². The van der Waals surface area contributed by atoms with Crippen LogP contribution in [0.3, 0.4) is 0 Å². The van der Waals surface area contributed by atoms with Crippen LogP contribution in [0.2, 0.25) is 0 Å². The van der Waals surface area contributed by atoms with Crippen LogP contribution in [-0.4, -0.2) is 29.9 Å². The zero-order valence-electron chi connectivity index (χ0n) is 14.6. The van der Waals surface area contributed by atoms with Gasteiger partial charge in [-0.05, 0) is 44.6 Å². The molecule has 1 unspecified atom stereocenters. The number of rotatable bonds is 7. The Morgan fingerprint density at radius 2 is 1.92 bits per heavy atom. The van der Waals surface area contributed by atoms with Crippen molar-refractivity contribution in [1.29, 1.82) is 0 Å². The largest absolute Gasteiger partial charge is 0.355 e. The Labute approximate surface area is 144 Å². The van der Waals surface area contributed by atoms with Gasteiger partial charge in [-0.3, -0.25) is 9.69 Å². The second-order valence-electron chi connectivity index (χ2n) is 7.41. The lowest BCUT2D eigenvalue weighted by atomic mass is 9.89. The lowest BCUT2D eigenvalue weighted by molar-refractivity contribution is -0.123. The van der Waals surface area contributed by atoms with E-state index >= 15 is 0 Å². The molecule has 1 amide bonds. The van der Waals surface area contributed by atoms with Crippen LogP contribution in [0.15, 0.2) is 24.3 Å². The zero-order chi connectivity index (χ0) is 16.9. The number of carbonyl (C=O) groups is 1. The third-order valence-corrected chi connectivity index (χ3v) is 5.51. The minimum atomic E-state index is -0.182. The Morgan fingerprint density at radius 1 is 1.21 bits per heavy atom. The Balaban J connectivity index is 1.55. The van der Waals surface area contributed by atoms with E-state index in [0.717, 1.165) is 19.4 Å². The van der Waals surface area contributed by atoms with Gasteiger partial charge in [0.25, 0.3) is 0 Å². The molecule has 2 saturated carbocycles. The highest BCUT2D eigenvalue weighted by atomic mass is 19.1. The van der Waals surface area contributed by atoms with Gasteiger partial charge in [-0.1, -0.05) is 37.5 Å². The molecule has 2 aliphatic rings. The highest BCUT2D eigenvalue weighted by Gasteiger charge is 2.34. The summed E-state index contributed by atoms with van der Waals surface area (Å²) in [6.07, 6.45) is 8.60. The smallest absolute Gasteiger partial charge is 0.234 e. The maximum absolute atomic E-state index is 14.1. The van der Waals surface area contributed by atoms with Crippen LogP contribution < -0.4 is 5.32 Å². The summed E-state index contributed by atoms with van der Waals surface area (Å²) in [6.45, 7) is 3.17. The lowest BCUT2D eigenvalue weighted by Crippen LogP contribution is -2.41. The van der Waals surface area contributed by atoms with Crippen molar-refractivity contribution in [1.82, 2.24) is 10.2 Å². The lowest BCUT2D eigenvalue weighted by Gasteiger charge is -2.29. The summed E-state index contributed by atoms with van der Waals surface area (Å²) in [4.78, 5) is 14.6. The summed E-state index contributed by atoms with van der Waals surface area (Å²) in [5, 5.41) is 3.11. The highest BCUT2D eigenvalue weighted by molar-refractivity contribution is 5.78. The normalized spacial score (nSPS) is 20.1. The molecule has 132 valence electrons. The molecule has 0 radical (unpaired) electrons. The molecule has 1 N–H and O–H groups in total. The van der Waals surface area contributed by atoms with Crippen molar-refractivity contribution in [3.05, 3.63) is 35.6 Å². The second kappa shape index (κ2) is 8.11. The number of nitrogens with zero attached hydrogens (tertiary/aromatic N) is 1. The van der Waals surface area contributed by atoms with Crippen molar-refractivity contribution in [2.45, 2.75) is 64.0 Å². The highest BCUT2D eigenvalue weighted by Crippen LogP contribution is 2.34. The molecule has 0 spiro atoms. The number of amides is 1. The van der Waals surface area contributed by atoms with Gasteiger partial charge in [0, 0.05) is 24.2 Å². The van der Waals surface area contributed by atoms with Crippen molar-refractivity contribution in [2.75, 3.05) is 13.1 Å². The minimum Gasteiger partial charge on any atom is -0.355 e. The number of hydrogen-bond donors (Lipinski definition) is 1. The van der Waals surface area contributed by atoms with Crippen molar-refractivity contribution in [3.8, 4) is 0 Å². The van der Waals surface area contributed by atoms with E-state index in [4.69, 9.17) is 0 Å². The summed E-state index contributed by atoms with van der Waals surface area (Å²) < 4.78 is 14.1. The van der Waals surface area contributed by atoms with E-state index in [1.54, 1.807) is 6.07 Å². The molecule has 1 aromatic rings. The number of nitrogens with one attached hydrogen (secondary N) is 1. The third kappa shape index (κ3) is 4.56. The Hall–Kier alpha value is -1.42. The van der Waals surface area contributed by atoms with Crippen LogP contribution in [0.4, 0.5) is 4.39 Å². The quantitative estimate of drug-likeness (QED) is 0.817. The maximum Gasteiger partial charge on any atom is 0.234 e. The first-order valence-electron chi connectivity index (χ1n) is 9.42. The monoisotopic (exact) mass is 332 g/mol. The molecule has 1 atom stereocenters. The molecule has 0 aliphatic heterocycles. The van der Waals surface area contributed by atoms with Crippen LogP contribution >= 0.6 is 0 Å². The molecular formula is C20H29FN2O. The topological polar surface area (TPSA) is 32.3 Å². The summed E-state index contributed by atoms with van der Waals surface area (Å²) >= 11 is 0. The van der Waals surface area contributed by atoms with Crippen molar-refractivity contribution in [2.24, 2.45) is 5.92 Å². The molecule has 0 saturated heterocycles. The fraction of sp³-hybridized carbons (Fsp3) is 0.650. The van der Waals surface area contributed by atoms with Crippen molar-refractivity contribution in [3.63, 3.8) is 0 Å². The number of halogens is 1. The summed E-state index contributed by atoms with van der Waals surface area (Å²) in [7, 11) is 0. The fourth-order valence-electron chi connectivity index (χ4n) is 3.85. The van der Waals surface area contributed by atoms with E-state index in [0.29, 0.717) is 24.1 Å². The van der Waals surface area contributed by atoms with Crippen molar-refractivity contribution < 1.29 is 9.18 Å². The molecule has 24 heavy (non-hydrogen) atoms. The molecule has 1 aromatic carbocycles. The van der Waals surface area contributed by atoms with E-state index in [-0.39, 0.29) is 17.8 Å². The Kier molecular flexibility index (Phi) is 5.88. The molecule has 0 heterocycles. The molecule has 3 nitrogen and oxygen atoms in total. The number of carbonyl (C=O) groups excluding carboxylic acids is 1. The molecule has 3 rings (SSSR count). The first kappa shape index (κ1) is 17.4. The van der Waals surface area contributed by atoms with E-state index in [2.05, 4.69) is 10.2 Å². The maximum atomic E-state index is 14.1. The SMILES string of the molecule is CC(c1ccccc1F)N(CC(=O)NCC1CCCCC1)C1CC1. The van der Waals surface area contributed by atoms with Crippen LogP contribution in [0.25, 0.3) is 0 Å². The Morgan fingerprint density at radius 3 is 2.58 bits per heavy atom.